The van der Waals surface area contributed by atoms with E-state index in [0.29, 0.717) is 24.3 Å². The predicted molar refractivity (Wildman–Crippen MR) is 132 cm³/mol. The van der Waals surface area contributed by atoms with Crippen LogP contribution in [0.2, 0.25) is 0 Å². The Hall–Kier alpha value is -3.32. The van der Waals surface area contributed by atoms with Crippen molar-refractivity contribution in [2.24, 2.45) is 0 Å². The van der Waals surface area contributed by atoms with E-state index in [9.17, 15) is 39.3 Å². The van der Waals surface area contributed by atoms with Crippen LogP contribution in [0.15, 0.2) is 24.3 Å². The Balaban J connectivity index is 2.10. The first-order chi connectivity index (χ1) is 17.1. The monoisotopic (exact) mass is 524 g/mol. The number of phenolic OH excluding ortho intramolecular Hbond substituents is 1. The van der Waals surface area contributed by atoms with E-state index < -0.39 is 60.2 Å². The van der Waals surface area contributed by atoms with Gasteiger partial charge in [0.1, 0.15) is 23.9 Å². The van der Waals surface area contributed by atoms with Gasteiger partial charge in [-0.15, -0.1) is 0 Å². The van der Waals surface area contributed by atoms with E-state index in [1.807, 2.05) is 0 Å². The predicted octanol–water partition coefficient (Wildman–Crippen LogP) is -0.546. The molecule has 0 bridgehead atoms. The van der Waals surface area contributed by atoms with Crippen molar-refractivity contribution in [2.75, 3.05) is 18.6 Å². The molecule has 0 aliphatic carbocycles. The third-order valence-electron chi connectivity index (χ3n) is 5.62. The van der Waals surface area contributed by atoms with Gasteiger partial charge in [0.2, 0.25) is 17.7 Å². The lowest BCUT2D eigenvalue weighted by Crippen LogP contribution is -2.57. The third-order valence-corrected chi connectivity index (χ3v) is 6.27. The molecule has 7 N–H and O–H groups in total. The number of carboxylic acid groups (broad SMARTS) is 2. The number of aliphatic carboxylic acids is 2. The summed E-state index contributed by atoms with van der Waals surface area (Å²) < 4.78 is 0. The van der Waals surface area contributed by atoms with Gasteiger partial charge in [0.25, 0.3) is 0 Å². The van der Waals surface area contributed by atoms with Gasteiger partial charge < -0.3 is 36.6 Å². The minimum absolute atomic E-state index is 0.0150. The Bertz CT molecular complexity index is 937. The number of hydrogen-bond acceptors (Lipinski definition) is 8. The van der Waals surface area contributed by atoms with Crippen LogP contribution in [0.4, 0.5) is 0 Å². The highest BCUT2D eigenvalue weighted by atomic mass is 32.2. The van der Waals surface area contributed by atoms with Crippen molar-refractivity contribution in [3.05, 3.63) is 29.8 Å². The maximum atomic E-state index is 13.0. The van der Waals surface area contributed by atoms with Crippen LogP contribution < -0.4 is 21.3 Å². The van der Waals surface area contributed by atoms with Crippen LogP contribution in [0.1, 0.15) is 31.2 Å². The summed E-state index contributed by atoms with van der Waals surface area (Å²) in [5.74, 6) is -4.22. The Morgan fingerprint density at radius 1 is 1.00 bits per heavy atom. The van der Waals surface area contributed by atoms with E-state index in [2.05, 4.69) is 21.3 Å². The van der Waals surface area contributed by atoms with Gasteiger partial charge in [0.05, 0.1) is 12.5 Å². The SMILES string of the molecule is CSCCC(NC(=O)C(CC(=O)O)NC(=O)C1CCCN1)C(=O)NC(Cc1ccc(O)cc1)C(=O)O. The maximum absolute atomic E-state index is 13.0. The van der Waals surface area contributed by atoms with Gasteiger partial charge in [0, 0.05) is 6.42 Å². The average Bonchev–Trinajstić information content (AvgIpc) is 3.37. The fraction of sp³-hybridized carbons (Fsp3) is 0.522. The van der Waals surface area contributed by atoms with Crippen molar-refractivity contribution in [1.82, 2.24) is 21.3 Å². The zero-order valence-electron chi connectivity index (χ0n) is 19.9. The summed E-state index contributed by atoms with van der Waals surface area (Å²) in [4.78, 5) is 61.4. The molecule has 1 saturated heterocycles. The molecule has 198 valence electrons. The van der Waals surface area contributed by atoms with Crippen molar-refractivity contribution in [3.63, 3.8) is 0 Å². The molecule has 13 heteroatoms. The fourth-order valence-corrected chi connectivity index (χ4v) is 4.15. The number of rotatable bonds is 14. The number of amides is 3. The summed E-state index contributed by atoms with van der Waals surface area (Å²) in [6, 6.07) is 1.47. The minimum Gasteiger partial charge on any atom is -0.508 e. The number of carboxylic acids is 2. The third kappa shape index (κ3) is 9.38. The summed E-state index contributed by atoms with van der Waals surface area (Å²) in [5, 5.41) is 38.5. The Morgan fingerprint density at radius 3 is 2.19 bits per heavy atom. The van der Waals surface area contributed by atoms with Crippen LogP contribution in [0.3, 0.4) is 0 Å². The van der Waals surface area contributed by atoms with Crippen molar-refractivity contribution in [3.8, 4) is 5.75 Å². The molecular weight excluding hydrogens is 492 g/mol. The highest BCUT2D eigenvalue weighted by Crippen LogP contribution is 2.12. The Kier molecular flexibility index (Phi) is 11.5. The Morgan fingerprint density at radius 2 is 1.64 bits per heavy atom. The molecule has 4 atom stereocenters. The molecule has 0 saturated carbocycles. The lowest BCUT2D eigenvalue weighted by Gasteiger charge is -2.24. The van der Waals surface area contributed by atoms with E-state index >= 15 is 0 Å². The fourth-order valence-electron chi connectivity index (χ4n) is 3.68. The first kappa shape index (κ1) is 28.9. The van der Waals surface area contributed by atoms with E-state index in [0.717, 1.165) is 6.42 Å². The molecule has 1 aromatic rings. The molecule has 0 aromatic heterocycles. The quantitative estimate of drug-likeness (QED) is 0.166. The molecule has 0 spiro atoms. The molecule has 1 aromatic carbocycles. The van der Waals surface area contributed by atoms with E-state index in [4.69, 9.17) is 0 Å². The second kappa shape index (κ2) is 14.3. The van der Waals surface area contributed by atoms with Gasteiger partial charge in [-0.3, -0.25) is 19.2 Å². The van der Waals surface area contributed by atoms with Crippen molar-refractivity contribution < 1.29 is 39.3 Å². The number of nitrogens with one attached hydrogen (secondary N) is 4. The molecule has 36 heavy (non-hydrogen) atoms. The van der Waals surface area contributed by atoms with Crippen molar-refractivity contribution >= 4 is 41.4 Å². The van der Waals surface area contributed by atoms with Gasteiger partial charge in [-0.2, -0.15) is 11.8 Å². The highest BCUT2D eigenvalue weighted by Gasteiger charge is 2.32. The summed E-state index contributed by atoms with van der Waals surface area (Å²) in [5.41, 5.74) is 0.565. The number of carbonyl (C=O) groups excluding carboxylic acids is 3. The number of carbonyl (C=O) groups is 5. The molecule has 2 rings (SSSR count). The first-order valence-electron chi connectivity index (χ1n) is 11.5. The molecule has 4 unspecified atom stereocenters. The topological polar surface area (TPSA) is 194 Å². The number of benzene rings is 1. The van der Waals surface area contributed by atoms with E-state index in [1.54, 1.807) is 6.26 Å². The second-order valence-corrected chi connectivity index (χ2v) is 9.41. The van der Waals surface area contributed by atoms with Crippen LogP contribution >= 0.6 is 11.8 Å². The molecule has 1 aliphatic rings. The van der Waals surface area contributed by atoms with Gasteiger partial charge >= 0.3 is 11.9 Å². The molecule has 1 aliphatic heterocycles. The number of hydrogen-bond donors (Lipinski definition) is 7. The van der Waals surface area contributed by atoms with Gasteiger partial charge in [-0.05, 0) is 55.5 Å². The van der Waals surface area contributed by atoms with Gasteiger partial charge in [-0.1, -0.05) is 12.1 Å². The summed E-state index contributed by atoms with van der Waals surface area (Å²) in [7, 11) is 0. The van der Waals surface area contributed by atoms with Crippen molar-refractivity contribution in [1.29, 1.82) is 0 Å². The van der Waals surface area contributed by atoms with E-state index in [-0.39, 0.29) is 18.6 Å². The second-order valence-electron chi connectivity index (χ2n) is 8.42. The zero-order chi connectivity index (χ0) is 26.7. The van der Waals surface area contributed by atoms with Crippen LogP contribution in [-0.4, -0.2) is 87.7 Å². The van der Waals surface area contributed by atoms with Crippen LogP contribution in [0.25, 0.3) is 0 Å². The van der Waals surface area contributed by atoms with Crippen LogP contribution in [0, 0.1) is 0 Å². The zero-order valence-corrected chi connectivity index (χ0v) is 20.7. The maximum Gasteiger partial charge on any atom is 0.326 e. The first-order valence-corrected chi connectivity index (χ1v) is 12.9. The minimum atomic E-state index is -1.41. The normalized spacial score (nSPS) is 17.4. The van der Waals surface area contributed by atoms with Crippen LogP contribution in [-0.2, 0) is 30.4 Å². The molecular formula is C23H32N4O8S. The lowest BCUT2D eigenvalue weighted by atomic mass is 10.0. The summed E-state index contributed by atoms with van der Waals surface area (Å²) in [6.07, 6.45) is 2.55. The number of phenols is 1. The molecule has 12 nitrogen and oxygen atoms in total. The number of thioether (sulfide) groups is 1. The largest absolute Gasteiger partial charge is 0.508 e. The standard InChI is InChI=1S/C23H32N4O8S/c1-36-10-8-16(21(32)27-18(23(34)35)11-13-4-6-14(28)7-5-13)25-22(33)17(12-19(29)30)26-20(31)15-3-2-9-24-15/h4-7,15-18,24,28H,2-3,8-12H2,1H3,(H,25,33)(H,26,31)(H,27,32)(H,29,30)(H,34,35). The molecule has 1 heterocycles. The average molecular weight is 525 g/mol. The molecule has 0 radical (unpaired) electrons. The summed E-state index contributed by atoms with van der Waals surface area (Å²) in [6.45, 7) is 0.639. The molecule has 1 fully saturated rings. The Labute approximate surface area is 212 Å². The van der Waals surface area contributed by atoms with E-state index in [1.165, 1.54) is 36.0 Å². The molecule has 3 amide bonds. The summed E-state index contributed by atoms with van der Waals surface area (Å²) >= 11 is 1.41. The van der Waals surface area contributed by atoms with Crippen LogP contribution in [0.5, 0.6) is 5.75 Å². The van der Waals surface area contributed by atoms with Crippen molar-refractivity contribution in [2.45, 2.75) is 56.3 Å². The highest BCUT2D eigenvalue weighted by molar-refractivity contribution is 7.98. The van der Waals surface area contributed by atoms with Gasteiger partial charge in [0.15, 0.2) is 0 Å². The van der Waals surface area contributed by atoms with Gasteiger partial charge in [-0.25, -0.2) is 4.79 Å². The lowest BCUT2D eigenvalue weighted by molar-refractivity contribution is -0.143. The smallest absolute Gasteiger partial charge is 0.326 e. The number of aromatic hydroxyl groups is 1.